The summed E-state index contributed by atoms with van der Waals surface area (Å²) in [6.07, 6.45) is 7.43. The van der Waals surface area contributed by atoms with Crippen LogP contribution in [0.25, 0.3) is 5.76 Å². The first-order chi connectivity index (χ1) is 18.0. The molecule has 0 saturated carbocycles. The molecule has 0 radical (unpaired) electrons. The highest BCUT2D eigenvalue weighted by Gasteiger charge is 2.46. The van der Waals surface area contributed by atoms with Crippen LogP contribution < -0.4 is 14.2 Å². The Kier molecular flexibility index (Phi) is 7.92. The largest absolute Gasteiger partial charge is 0.507 e. The van der Waals surface area contributed by atoms with Crippen LogP contribution in [0.3, 0.4) is 0 Å². The molecule has 192 valence electrons. The maximum Gasteiger partial charge on any atom is 0.295 e. The Labute approximate surface area is 215 Å². The number of methoxy groups -OCH3 is 2. The minimum absolute atomic E-state index is 0.0135. The second-order valence-electron chi connectivity index (χ2n) is 8.39. The first-order valence-electron chi connectivity index (χ1n) is 11.8. The molecular weight excluding hydrogens is 474 g/mol. The van der Waals surface area contributed by atoms with Gasteiger partial charge in [-0.2, -0.15) is 0 Å². The summed E-state index contributed by atoms with van der Waals surface area (Å²) in [7, 11) is 3.04. The number of nitrogens with zero attached hydrogens (tertiary/aromatic N) is 3. The number of likely N-dealkylation sites (tertiary alicyclic amines) is 1. The van der Waals surface area contributed by atoms with E-state index in [9.17, 15) is 14.7 Å². The molecule has 1 fully saturated rings. The average Bonchev–Trinajstić information content (AvgIpc) is 3.53. The van der Waals surface area contributed by atoms with Crippen LogP contribution in [0.4, 0.5) is 0 Å². The van der Waals surface area contributed by atoms with Crippen LogP contribution in [-0.2, 0) is 16.1 Å². The zero-order chi connectivity index (χ0) is 26.4. The van der Waals surface area contributed by atoms with E-state index in [0.717, 1.165) is 0 Å². The summed E-state index contributed by atoms with van der Waals surface area (Å²) in [5.74, 6) is -0.116. The zero-order valence-corrected chi connectivity index (χ0v) is 20.8. The van der Waals surface area contributed by atoms with E-state index in [1.807, 2.05) is 10.8 Å². The van der Waals surface area contributed by atoms with Gasteiger partial charge in [-0.25, -0.2) is 4.98 Å². The Morgan fingerprint density at radius 3 is 2.49 bits per heavy atom. The molecule has 1 aliphatic heterocycles. The molecule has 1 aliphatic rings. The van der Waals surface area contributed by atoms with E-state index in [2.05, 4.69) is 11.6 Å². The van der Waals surface area contributed by atoms with Crippen molar-refractivity contribution in [1.82, 2.24) is 14.5 Å². The van der Waals surface area contributed by atoms with Gasteiger partial charge in [0.1, 0.15) is 18.1 Å². The summed E-state index contributed by atoms with van der Waals surface area (Å²) in [6, 6.07) is 11.1. The fourth-order valence-corrected chi connectivity index (χ4v) is 4.34. The van der Waals surface area contributed by atoms with Crippen LogP contribution in [-0.4, -0.2) is 58.6 Å². The number of rotatable bonds is 11. The lowest BCUT2D eigenvalue weighted by Gasteiger charge is -2.26. The molecule has 9 nitrogen and oxygen atoms in total. The summed E-state index contributed by atoms with van der Waals surface area (Å²) < 4.78 is 18.2. The van der Waals surface area contributed by atoms with Crippen molar-refractivity contribution in [3.8, 4) is 17.2 Å². The maximum atomic E-state index is 13.3. The molecule has 37 heavy (non-hydrogen) atoms. The maximum absolute atomic E-state index is 13.3. The summed E-state index contributed by atoms with van der Waals surface area (Å²) in [6.45, 7) is 4.88. The number of hydrogen-bond acceptors (Lipinski definition) is 7. The number of imidazole rings is 1. The SMILES string of the molecule is C=CCOc1ccc(C(O)=C2C(=O)C(=O)N(CCCn3ccnc3)[C@H]2c2ccc(OC)c(OC)c2)cc1. The smallest absolute Gasteiger partial charge is 0.295 e. The second kappa shape index (κ2) is 11.5. The summed E-state index contributed by atoms with van der Waals surface area (Å²) >= 11 is 0. The van der Waals surface area contributed by atoms with Gasteiger partial charge in [-0.1, -0.05) is 18.7 Å². The highest BCUT2D eigenvalue weighted by atomic mass is 16.5. The number of aliphatic hydroxyl groups is 1. The number of benzene rings is 2. The average molecular weight is 504 g/mol. The fraction of sp³-hybridized carbons (Fsp3) is 0.250. The molecule has 1 saturated heterocycles. The number of amides is 1. The van der Waals surface area contributed by atoms with Crippen LogP contribution in [0, 0.1) is 0 Å². The third-order valence-electron chi connectivity index (χ3n) is 6.13. The lowest BCUT2D eigenvalue weighted by molar-refractivity contribution is -0.139. The van der Waals surface area contributed by atoms with Crippen LogP contribution in [0.5, 0.6) is 17.2 Å². The zero-order valence-electron chi connectivity index (χ0n) is 20.8. The quantitative estimate of drug-likeness (QED) is 0.183. The topological polar surface area (TPSA) is 103 Å². The van der Waals surface area contributed by atoms with Crippen LogP contribution >= 0.6 is 0 Å². The van der Waals surface area contributed by atoms with E-state index in [-0.39, 0.29) is 11.3 Å². The lowest BCUT2D eigenvalue weighted by atomic mass is 9.95. The van der Waals surface area contributed by atoms with Crippen molar-refractivity contribution in [3.05, 3.63) is 90.5 Å². The van der Waals surface area contributed by atoms with Gasteiger partial charge in [-0.3, -0.25) is 9.59 Å². The third-order valence-corrected chi connectivity index (χ3v) is 6.13. The first-order valence-corrected chi connectivity index (χ1v) is 11.8. The number of ether oxygens (including phenoxy) is 3. The van der Waals surface area contributed by atoms with E-state index in [1.165, 1.54) is 19.1 Å². The number of aliphatic hydroxyl groups excluding tert-OH is 1. The van der Waals surface area contributed by atoms with E-state index in [4.69, 9.17) is 14.2 Å². The number of ketones is 1. The van der Waals surface area contributed by atoms with Crippen molar-refractivity contribution in [3.63, 3.8) is 0 Å². The Hall–Kier alpha value is -4.53. The van der Waals surface area contributed by atoms with Gasteiger partial charge in [0, 0.05) is 31.0 Å². The molecular formula is C28H29N3O6. The van der Waals surface area contributed by atoms with Gasteiger partial charge in [-0.05, 0) is 48.4 Å². The van der Waals surface area contributed by atoms with Crippen molar-refractivity contribution >= 4 is 17.4 Å². The second-order valence-corrected chi connectivity index (χ2v) is 8.39. The molecule has 2 aromatic carbocycles. The summed E-state index contributed by atoms with van der Waals surface area (Å²) in [5.41, 5.74) is 1.03. The molecule has 0 unspecified atom stereocenters. The van der Waals surface area contributed by atoms with Crippen molar-refractivity contribution in [1.29, 1.82) is 0 Å². The molecule has 9 heteroatoms. The predicted octanol–water partition coefficient (Wildman–Crippen LogP) is 3.98. The summed E-state index contributed by atoms with van der Waals surface area (Å²) in [5, 5.41) is 11.3. The molecule has 2 heterocycles. The normalized spacial score (nSPS) is 16.6. The summed E-state index contributed by atoms with van der Waals surface area (Å²) in [4.78, 5) is 32.0. The predicted molar refractivity (Wildman–Crippen MR) is 138 cm³/mol. The molecule has 4 rings (SSSR count). The van der Waals surface area contributed by atoms with E-state index >= 15 is 0 Å². The molecule has 0 aliphatic carbocycles. The number of carbonyl (C=O) groups is 2. The van der Waals surface area contributed by atoms with Gasteiger partial charge < -0.3 is 28.8 Å². The highest BCUT2D eigenvalue weighted by molar-refractivity contribution is 6.46. The van der Waals surface area contributed by atoms with Crippen molar-refractivity contribution in [2.45, 2.75) is 19.0 Å². The molecule has 1 amide bonds. The Morgan fingerprint density at radius 2 is 1.84 bits per heavy atom. The molecule has 3 aromatic rings. The van der Waals surface area contributed by atoms with E-state index < -0.39 is 17.7 Å². The standard InChI is InChI=1S/C28H29N3O6/c1-4-16-37-21-9-6-19(7-10-21)26(32)24-25(20-8-11-22(35-2)23(17-20)36-3)31(28(34)27(24)33)14-5-13-30-15-12-29-18-30/h4,6-12,15,17-18,25,32H,1,5,13-14,16H2,2-3H3/t25-/m0/s1. The number of Topliss-reactive ketones (excluding diaryl/α,β-unsaturated/α-hetero) is 1. The molecule has 1 N–H and O–H groups in total. The third kappa shape index (κ3) is 5.35. The molecule has 1 aromatic heterocycles. The van der Waals surface area contributed by atoms with Crippen molar-refractivity contribution < 1.29 is 28.9 Å². The van der Waals surface area contributed by atoms with Crippen molar-refractivity contribution in [2.75, 3.05) is 27.4 Å². The van der Waals surface area contributed by atoms with Crippen LogP contribution in [0.15, 0.2) is 79.4 Å². The Balaban J connectivity index is 1.74. The molecule has 0 bridgehead atoms. The van der Waals surface area contributed by atoms with Gasteiger partial charge in [-0.15, -0.1) is 0 Å². The first kappa shape index (κ1) is 25.6. The number of aryl methyl sites for hydroxylation is 1. The molecule has 1 atom stereocenters. The Morgan fingerprint density at radius 1 is 1.08 bits per heavy atom. The van der Waals surface area contributed by atoms with Gasteiger partial charge in [0.25, 0.3) is 11.7 Å². The minimum Gasteiger partial charge on any atom is -0.507 e. The minimum atomic E-state index is -0.806. The van der Waals surface area contributed by atoms with E-state index in [1.54, 1.807) is 61.1 Å². The number of aromatic nitrogens is 2. The Bertz CT molecular complexity index is 1300. The van der Waals surface area contributed by atoms with Gasteiger partial charge in [0.15, 0.2) is 11.5 Å². The van der Waals surface area contributed by atoms with Gasteiger partial charge in [0.05, 0.1) is 32.2 Å². The van der Waals surface area contributed by atoms with E-state index in [0.29, 0.717) is 54.5 Å². The lowest BCUT2D eigenvalue weighted by Crippen LogP contribution is -2.31. The van der Waals surface area contributed by atoms with Gasteiger partial charge >= 0.3 is 0 Å². The van der Waals surface area contributed by atoms with Gasteiger partial charge in [0.2, 0.25) is 0 Å². The fourth-order valence-electron chi connectivity index (χ4n) is 4.34. The van der Waals surface area contributed by atoms with Crippen molar-refractivity contribution in [2.24, 2.45) is 0 Å². The number of hydrogen-bond donors (Lipinski definition) is 1. The highest BCUT2D eigenvalue weighted by Crippen LogP contribution is 2.42. The number of carbonyl (C=O) groups excluding carboxylic acids is 2. The van der Waals surface area contributed by atoms with Crippen LogP contribution in [0.1, 0.15) is 23.6 Å². The molecule has 0 spiro atoms. The van der Waals surface area contributed by atoms with Crippen LogP contribution in [0.2, 0.25) is 0 Å². The monoisotopic (exact) mass is 503 g/mol.